The number of hydrogen-bond acceptors (Lipinski definition) is 5. The Kier molecular flexibility index (Phi) is 7.08. The number of fused-ring (bicyclic) bond motifs is 2. The second-order valence-corrected chi connectivity index (χ2v) is 8.76. The summed E-state index contributed by atoms with van der Waals surface area (Å²) in [5.41, 5.74) is 3.91. The van der Waals surface area contributed by atoms with Crippen molar-refractivity contribution in [3.63, 3.8) is 0 Å². The summed E-state index contributed by atoms with van der Waals surface area (Å²) in [5, 5.41) is 22.3. The highest BCUT2D eigenvalue weighted by atomic mass is 16.5. The summed E-state index contributed by atoms with van der Waals surface area (Å²) in [6, 6.07) is 1.66. The number of amides is 1. The first-order chi connectivity index (χ1) is 15.5. The van der Waals surface area contributed by atoms with Crippen molar-refractivity contribution in [2.75, 3.05) is 19.8 Å². The minimum absolute atomic E-state index is 0.0797. The lowest BCUT2D eigenvalue weighted by atomic mass is 9.80. The van der Waals surface area contributed by atoms with Crippen molar-refractivity contribution in [1.82, 2.24) is 9.88 Å². The Morgan fingerprint density at radius 3 is 2.84 bits per heavy atom. The van der Waals surface area contributed by atoms with Crippen molar-refractivity contribution < 1.29 is 19.7 Å². The molecule has 0 fully saturated rings. The molecule has 0 saturated carbocycles. The molecule has 172 valence electrons. The van der Waals surface area contributed by atoms with Gasteiger partial charge < -0.3 is 24.8 Å². The summed E-state index contributed by atoms with van der Waals surface area (Å²) >= 11 is 0. The predicted octanol–water partition coefficient (Wildman–Crippen LogP) is 2.50. The van der Waals surface area contributed by atoms with E-state index in [-0.39, 0.29) is 36.3 Å². The normalized spacial score (nSPS) is 24.6. The molecular weight excluding hydrogens is 408 g/mol. The zero-order chi connectivity index (χ0) is 22.7. The molecule has 1 aliphatic heterocycles. The Morgan fingerprint density at radius 1 is 1.28 bits per heavy atom. The first-order valence-electron chi connectivity index (χ1n) is 11.5. The fraction of sp³-hybridized carbons (Fsp3) is 0.520. The number of ether oxygens (including phenoxy) is 1. The fourth-order valence-corrected chi connectivity index (χ4v) is 4.88. The van der Waals surface area contributed by atoms with Crippen LogP contribution in [0.15, 0.2) is 46.4 Å². The highest BCUT2D eigenvalue weighted by molar-refractivity contribution is 5.94. The molecule has 3 atom stereocenters. The highest BCUT2D eigenvalue weighted by Crippen LogP contribution is 2.43. The topological polar surface area (TPSA) is 101 Å². The molecule has 0 spiro atoms. The number of hydrogen-bond donors (Lipinski definition) is 3. The van der Waals surface area contributed by atoms with Crippen molar-refractivity contribution in [3.8, 4) is 0 Å². The van der Waals surface area contributed by atoms with Gasteiger partial charge in [0.1, 0.15) is 5.56 Å². The standard InChI is InChI=1S/C25H32N2O5/c1-2-18-10-17-11-24(32-15-16-6-4-3-5-7-16)23(30)12-19(17)21-13-22(29)20(14-27(18)21)25(31)26-8-9-28/h4,6-7,13-14,18,23-24,28,30H,2-3,5,8-12,15H2,1H3,(H,26,31). The molecule has 3 unspecified atom stereocenters. The minimum atomic E-state index is -0.642. The lowest BCUT2D eigenvalue weighted by Crippen LogP contribution is -2.38. The van der Waals surface area contributed by atoms with Gasteiger partial charge in [-0.2, -0.15) is 0 Å². The summed E-state index contributed by atoms with van der Waals surface area (Å²) in [4.78, 5) is 25.1. The molecule has 2 aliphatic carbocycles. The fourth-order valence-electron chi connectivity index (χ4n) is 4.88. The average molecular weight is 441 g/mol. The number of nitrogens with zero attached hydrogens (tertiary/aromatic N) is 1. The van der Waals surface area contributed by atoms with Crippen LogP contribution in [-0.4, -0.2) is 52.7 Å². The Morgan fingerprint density at radius 2 is 2.12 bits per heavy atom. The van der Waals surface area contributed by atoms with Crippen LogP contribution in [0.4, 0.5) is 0 Å². The van der Waals surface area contributed by atoms with Gasteiger partial charge in [-0.15, -0.1) is 0 Å². The number of aliphatic hydroxyl groups is 2. The van der Waals surface area contributed by atoms with Gasteiger partial charge in [-0.1, -0.05) is 30.7 Å². The number of nitrogens with one attached hydrogen (secondary N) is 1. The van der Waals surface area contributed by atoms with E-state index >= 15 is 0 Å². The summed E-state index contributed by atoms with van der Waals surface area (Å²) in [6.45, 7) is 2.52. The van der Waals surface area contributed by atoms with Crippen LogP contribution in [-0.2, 0) is 4.74 Å². The molecular formula is C25H32N2O5. The zero-order valence-corrected chi connectivity index (χ0v) is 18.5. The number of carbonyl (C=O) groups is 1. The van der Waals surface area contributed by atoms with Crippen LogP contribution in [0.1, 0.15) is 67.5 Å². The van der Waals surface area contributed by atoms with Gasteiger partial charge in [0.15, 0.2) is 5.43 Å². The monoisotopic (exact) mass is 440 g/mol. The molecule has 32 heavy (non-hydrogen) atoms. The SMILES string of the molecule is CCC1CC2=C(CC(O)C(OCC3=CCCC=C3)C2)c2cc(=O)c(C(=O)NCCO)cn21. The molecule has 3 N–H and O–H groups in total. The first kappa shape index (κ1) is 22.7. The van der Waals surface area contributed by atoms with Crippen LogP contribution in [0.5, 0.6) is 0 Å². The second kappa shape index (κ2) is 9.98. The van der Waals surface area contributed by atoms with Crippen molar-refractivity contribution in [2.24, 2.45) is 0 Å². The van der Waals surface area contributed by atoms with Gasteiger partial charge in [-0.3, -0.25) is 9.59 Å². The van der Waals surface area contributed by atoms with E-state index in [2.05, 4.69) is 30.5 Å². The second-order valence-electron chi connectivity index (χ2n) is 8.76. The molecule has 0 saturated heterocycles. The van der Waals surface area contributed by atoms with Crippen LogP contribution < -0.4 is 10.7 Å². The molecule has 1 amide bonds. The number of pyridine rings is 1. The molecule has 0 aromatic carbocycles. The Labute approximate surface area is 188 Å². The van der Waals surface area contributed by atoms with Gasteiger partial charge in [-0.05, 0) is 43.3 Å². The number of rotatable bonds is 7. The predicted molar refractivity (Wildman–Crippen MR) is 122 cm³/mol. The van der Waals surface area contributed by atoms with E-state index in [9.17, 15) is 14.7 Å². The van der Waals surface area contributed by atoms with E-state index in [4.69, 9.17) is 9.84 Å². The number of aliphatic hydroxyl groups excluding tert-OH is 2. The van der Waals surface area contributed by atoms with Gasteiger partial charge >= 0.3 is 0 Å². The molecule has 7 heteroatoms. The van der Waals surface area contributed by atoms with Gasteiger partial charge in [-0.25, -0.2) is 0 Å². The summed E-state index contributed by atoms with van der Waals surface area (Å²) in [6.07, 6.45) is 12.0. The van der Waals surface area contributed by atoms with E-state index in [0.717, 1.165) is 42.5 Å². The van der Waals surface area contributed by atoms with Gasteiger partial charge in [0.05, 0.1) is 25.4 Å². The van der Waals surface area contributed by atoms with E-state index in [1.807, 2.05) is 4.57 Å². The number of allylic oxidation sites excluding steroid dienone is 2. The van der Waals surface area contributed by atoms with E-state index < -0.39 is 12.0 Å². The molecule has 3 aliphatic rings. The van der Waals surface area contributed by atoms with Crippen LogP contribution in [0, 0.1) is 0 Å². The van der Waals surface area contributed by atoms with Crippen LogP contribution in [0.25, 0.3) is 5.57 Å². The summed E-state index contributed by atoms with van der Waals surface area (Å²) < 4.78 is 8.12. The minimum Gasteiger partial charge on any atom is -0.395 e. The first-order valence-corrected chi connectivity index (χ1v) is 11.5. The Balaban J connectivity index is 1.59. The zero-order valence-electron chi connectivity index (χ0n) is 18.5. The maximum Gasteiger partial charge on any atom is 0.256 e. The quantitative estimate of drug-likeness (QED) is 0.605. The molecule has 2 heterocycles. The third kappa shape index (κ3) is 4.65. The number of aromatic nitrogens is 1. The van der Waals surface area contributed by atoms with Gasteiger partial charge in [0, 0.05) is 37.0 Å². The summed E-state index contributed by atoms with van der Waals surface area (Å²) in [7, 11) is 0. The Hall–Kier alpha value is -2.48. The van der Waals surface area contributed by atoms with Crippen LogP contribution >= 0.6 is 0 Å². The van der Waals surface area contributed by atoms with Crippen molar-refractivity contribution in [2.45, 2.75) is 63.7 Å². The van der Waals surface area contributed by atoms with Crippen LogP contribution in [0.3, 0.4) is 0 Å². The molecule has 7 nitrogen and oxygen atoms in total. The third-order valence-corrected chi connectivity index (χ3v) is 6.63. The smallest absolute Gasteiger partial charge is 0.256 e. The van der Waals surface area contributed by atoms with Crippen molar-refractivity contribution in [1.29, 1.82) is 0 Å². The molecule has 0 bridgehead atoms. The number of carbonyl (C=O) groups excluding carboxylic acids is 1. The lowest BCUT2D eigenvalue weighted by Gasteiger charge is -2.39. The third-order valence-electron chi connectivity index (χ3n) is 6.63. The van der Waals surface area contributed by atoms with Gasteiger partial charge in [0.2, 0.25) is 0 Å². The molecule has 1 aromatic heterocycles. The maximum atomic E-state index is 12.7. The lowest BCUT2D eigenvalue weighted by molar-refractivity contribution is -0.0296. The largest absolute Gasteiger partial charge is 0.395 e. The van der Waals surface area contributed by atoms with Crippen molar-refractivity contribution in [3.05, 3.63) is 63.1 Å². The average Bonchev–Trinajstić information content (AvgIpc) is 2.81. The maximum absolute atomic E-state index is 12.7. The molecule has 0 radical (unpaired) electrons. The van der Waals surface area contributed by atoms with Gasteiger partial charge in [0.25, 0.3) is 5.91 Å². The van der Waals surface area contributed by atoms with Crippen LogP contribution in [0.2, 0.25) is 0 Å². The van der Waals surface area contributed by atoms with E-state index in [1.54, 1.807) is 6.20 Å². The molecule has 1 aromatic rings. The summed E-state index contributed by atoms with van der Waals surface area (Å²) in [5.74, 6) is -0.475. The van der Waals surface area contributed by atoms with Crippen molar-refractivity contribution >= 4 is 11.5 Å². The van der Waals surface area contributed by atoms with E-state index in [0.29, 0.717) is 19.4 Å². The Bertz CT molecular complexity index is 1020. The molecule has 4 rings (SSSR count). The van der Waals surface area contributed by atoms with E-state index in [1.165, 1.54) is 11.6 Å². The highest BCUT2D eigenvalue weighted by Gasteiger charge is 2.35.